The number of hydrogen-bond acceptors (Lipinski definition) is 5. The van der Waals surface area contributed by atoms with Gasteiger partial charge in [0.1, 0.15) is 5.82 Å². The Bertz CT molecular complexity index is 1210. The van der Waals surface area contributed by atoms with Gasteiger partial charge in [0.2, 0.25) is 11.9 Å². The summed E-state index contributed by atoms with van der Waals surface area (Å²) in [4.78, 5) is 23.8. The second-order valence-electron chi connectivity index (χ2n) is 6.34. The average molecular weight is 373 g/mol. The Labute approximate surface area is 160 Å². The van der Waals surface area contributed by atoms with Gasteiger partial charge in [0.05, 0.1) is 11.7 Å². The first-order valence-corrected chi connectivity index (χ1v) is 8.55. The predicted molar refractivity (Wildman–Crippen MR) is 107 cm³/mol. The summed E-state index contributed by atoms with van der Waals surface area (Å²) in [5, 5.41) is 3.53. The standard InChI is InChI=1S/C21H16FN5O/c1-12(28)26-18-4-2-3-13(7-18)19-8-14(15-6-17(22)11-24-9-15)5-16-10-25-21(23)27-20(16)19/h2-11H,1H3,(H,26,28)(H2,23,25,27). The van der Waals surface area contributed by atoms with E-state index in [0.29, 0.717) is 16.8 Å². The molecule has 3 N–H and O–H groups in total. The first-order valence-electron chi connectivity index (χ1n) is 8.55. The second kappa shape index (κ2) is 7.03. The molecule has 0 saturated carbocycles. The Hall–Kier alpha value is -3.87. The van der Waals surface area contributed by atoms with Crippen LogP contribution in [0.4, 0.5) is 16.0 Å². The van der Waals surface area contributed by atoms with Crippen LogP contribution >= 0.6 is 0 Å². The maximum Gasteiger partial charge on any atom is 0.221 e. The van der Waals surface area contributed by atoms with Crippen LogP contribution in [0.15, 0.2) is 61.1 Å². The number of amides is 1. The summed E-state index contributed by atoms with van der Waals surface area (Å²) in [7, 11) is 0. The van der Waals surface area contributed by atoms with Crippen molar-refractivity contribution in [3.63, 3.8) is 0 Å². The lowest BCUT2D eigenvalue weighted by atomic mass is 9.96. The van der Waals surface area contributed by atoms with E-state index in [0.717, 1.165) is 28.3 Å². The van der Waals surface area contributed by atoms with Crippen LogP contribution in [0.2, 0.25) is 0 Å². The molecule has 2 aromatic heterocycles. The molecule has 0 aliphatic heterocycles. The first-order chi connectivity index (χ1) is 13.5. The number of nitrogens with one attached hydrogen (secondary N) is 1. The SMILES string of the molecule is CC(=O)Nc1cccc(-c2cc(-c3cncc(F)c3)cc3cnc(N)nc23)c1. The number of aromatic nitrogens is 3. The van der Waals surface area contributed by atoms with Gasteiger partial charge in [-0.25, -0.2) is 14.4 Å². The fourth-order valence-electron chi connectivity index (χ4n) is 3.08. The van der Waals surface area contributed by atoms with E-state index >= 15 is 0 Å². The lowest BCUT2D eigenvalue weighted by molar-refractivity contribution is -0.114. The van der Waals surface area contributed by atoms with Crippen LogP contribution < -0.4 is 11.1 Å². The predicted octanol–water partition coefficient (Wildman–Crippen LogP) is 4.04. The van der Waals surface area contributed by atoms with Gasteiger partial charge in [-0.15, -0.1) is 0 Å². The largest absolute Gasteiger partial charge is 0.368 e. The number of hydrogen-bond donors (Lipinski definition) is 2. The van der Waals surface area contributed by atoms with Gasteiger partial charge >= 0.3 is 0 Å². The Morgan fingerprint density at radius 2 is 1.89 bits per heavy atom. The molecular weight excluding hydrogens is 357 g/mol. The molecule has 2 aromatic carbocycles. The highest BCUT2D eigenvalue weighted by atomic mass is 19.1. The number of carbonyl (C=O) groups excluding carboxylic acids is 1. The van der Waals surface area contributed by atoms with Crippen molar-refractivity contribution in [2.45, 2.75) is 6.92 Å². The molecule has 6 nitrogen and oxygen atoms in total. The van der Waals surface area contributed by atoms with E-state index in [2.05, 4.69) is 20.3 Å². The van der Waals surface area contributed by atoms with E-state index in [1.54, 1.807) is 18.5 Å². The number of fused-ring (bicyclic) bond motifs is 1. The Kier molecular flexibility index (Phi) is 4.41. The van der Waals surface area contributed by atoms with Crippen molar-refractivity contribution in [3.8, 4) is 22.3 Å². The number of pyridine rings is 1. The lowest BCUT2D eigenvalue weighted by Gasteiger charge is -2.12. The maximum absolute atomic E-state index is 13.7. The van der Waals surface area contributed by atoms with Crippen LogP contribution in [0.1, 0.15) is 6.92 Å². The molecule has 0 saturated heterocycles. The van der Waals surface area contributed by atoms with E-state index in [1.165, 1.54) is 13.0 Å². The van der Waals surface area contributed by atoms with Crippen molar-refractivity contribution < 1.29 is 9.18 Å². The summed E-state index contributed by atoms with van der Waals surface area (Å²) < 4.78 is 13.7. The zero-order valence-corrected chi connectivity index (χ0v) is 15.0. The van der Waals surface area contributed by atoms with E-state index in [1.807, 2.05) is 30.3 Å². The third-order valence-electron chi connectivity index (χ3n) is 4.23. The molecule has 4 rings (SSSR count). The summed E-state index contributed by atoms with van der Waals surface area (Å²) in [6.45, 7) is 1.45. The number of halogens is 1. The number of carbonyl (C=O) groups is 1. The van der Waals surface area contributed by atoms with Crippen LogP contribution in [0.3, 0.4) is 0 Å². The molecule has 0 aliphatic rings. The van der Waals surface area contributed by atoms with Gasteiger partial charge in [0, 0.05) is 41.5 Å². The van der Waals surface area contributed by atoms with Crippen LogP contribution in [0, 0.1) is 5.82 Å². The van der Waals surface area contributed by atoms with Crippen molar-refractivity contribution >= 4 is 28.4 Å². The lowest BCUT2D eigenvalue weighted by Crippen LogP contribution is -2.05. The third kappa shape index (κ3) is 3.50. The molecule has 0 fully saturated rings. The number of nitrogens with zero attached hydrogens (tertiary/aromatic N) is 3. The van der Waals surface area contributed by atoms with Crippen LogP contribution in [0.25, 0.3) is 33.2 Å². The van der Waals surface area contributed by atoms with Crippen molar-refractivity contribution in [2.75, 3.05) is 11.1 Å². The maximum atomic E-state index is 13.7. The zero-order valence-electron chi connectivity index (χ0n) is 15.0. The number of nitrogen functional groups attached to an aromatic ring is 1. The van der Waals surface area contributed by atoms with Gasteiger partial charge in [-0.3, -0.25) is 9.78 Å². The molecule has 28 heavy (non-hydrogen) atoms. The second-order valence-corrected chi connectivity index (χ2v) is 6.34. The van der Waals surface area contributed by atoms with Crippen LogP contribution in [-0.4, -0.2) is 20.9 Å². The number of rotatable bonds is 3. The monoisotopic (exact) mass is 373 g/mol. The number of benzene rings is 2. The summed E-state index contributed by atoms with van der Waals surface area (Å²) in [6, 6.07) is 12.6. The number of anilines is 2. The zero-order chi connectivity index (χ0) is 19.7. The minimum Gasteiger partial charge on any atom is -0.368 e. The minimum atomic E-state index is -0.416. The van der Waals surface area contributed by atoms with E-state index in [4.69, 9.17) is 5.73 Å². The van der Waals surface area contributed by atoms with Crippen LogP contribution in [-0.2, 0) is 4.79 Å². The molecule has 1 amide bonds. The van der Waals surface area contributed by atoms with Gasteiger partial charge in [-0.2, -0.15) is 0 Å². The summed E-state index contributed by atoms with van der Waals surface area (Å²) in [5.41, 5.74) is 10.2. The molecule has 0 unspecified atom stereocenters. The Morgan fingerprint density at radius 1 is 1.04 bits per heavy atom. The molecule has 2 heterocycles. The highest BCUT2D eigenvalue weighted by Gasteiger charge is 2.12. The molecular formula is C21H16FN5O. The fourth-order valence-corrected chi connectivity index (χ4v) is 3.08. The van der Waals surface area contributed by atoms with E-state index in [-0.39, 0.29) is 11.9 Å². The van der Waals surface area contributed by atoms with Gasteiger partial charge in [0.25, 0.3) is 0 Å². The highest BCUT2D eigenvalue weighted by molar-refractivity contribution is 5.98. The molecule has 138 valence electrons. The number of nitrogens with two attached hydrogens (primary N) is 1. The first kappa shape index (κ1) is 17.5. The van der Waals surface area contributed by atoms with Gasteiger partial charge < -0.3 is 11.1 Å². The highest BCUT2D eigenvalue weighted by Crippen LogP contribution is 2.34. The summed E-state index contributed by atoms with van der Waals surface area (Å²) >= 11 is 0. The Morgan fingerprint density at radius 3 is 2.68 bits per heavy atom. The van der Waals surface area contributed by atoms with E-state index < -0.39 is 5.82 Å². The molecule has 0 radical (unpaired) electrons. The molecule has 4 aromatic rings. The van der Waals surface area contributed by atoms with Crippen molar-refractivity contribution in [3.05, 3.63) is 66.9 Å². The normalized spacial score (nSPS) is 10.8. The molecule has 7 heteroatoms. The quantitative estimate of drug-likeness (QED) is 0.565. The third-order valence-corrected chi connectivity index (χ3v) is 4.23. The molecule has 0 atom stereocenters. The van der Waals surface area contributed by atoms with Crippen molar-refractivity contribution in [1.82, 2.24) is 15.0 Å². The van der Waals surface area contributed by atoms with E-state index in [9.17, 15) is 9.18 Å². The molecule has 0 bridgehead atoms. The van der Waals surface area contributed by atoms with Crippen LogP contribution in [0.5, 0.6) is 0 Å². The minimum absolute atomic E-state index is 0.159. The van der Waals surface area contributed by atoms with Gasteiger partial charge in [0.15, 0.2) is 0 Å². The fraction of sp³-hybridized carbons (Fsp3) is 0.0476. The smallest absolute Gasteiger partial charge is 0.221 e. The van der Waals surface area contributed by atoms with Gasteiger partial charge in [-0.1, -0.05) is 12.1 Å². The average Bonchev–Trinajstić information content (AvgIpc) is 2.67. The summed E-state index contributed by atoms with van der Waals surface area (Å²) in [6.07, 6.45) is 4.39. The Balaban J connectivity index is 1.95. The summed E-state index contributed by atoms with van der Waals surface area (Å²) in [5.74, 6) is -0.416. The van der Waals surface area contributed by atoms with Crippen molar-refractivity contribution in [1.29, 1.82) is 0 Å². The molecule has 0 spiro atoms. The van der Waals surface area contributed by atoms with Crippen molar-refractivity contribution in [2.24, 2.45) is 0 Å². The van der Waals surface area contributed by atoms with Gasteiger partial charge in [-0.05, 0) is 41.5 Å². The molecule has 0 aliphatic carbocycles. The topological polar surface area (TPSA) is 93.8 Å².